The third kappa shape index (κ3) is 4.73. The quantitative estimate of drug-likeness (QED) is 0.747. The van der Waals surface area contributed by atoms with E-state index >= 15 is 0 Å². The summed E-state index contributed by atoms with van der Waals surface area (Å²) in [6, 6.07) is 8.14. The second-order valence-corrected chi connectivity index (χ2v) is 8.92. The van der Waals surface area contributed by atoms with E-state index in [2.05, 4.69) is 5.32 Å². The molecule has 9 heteroatoms. The molecule has 1 aliphatic heterocycles. The Morgan fingerprint density at radius 2 is 1.70 bits per heavy atom. The summed E-state index contributed by atoms with van der Waals surface area (Å²) in [6.07, 6.45) is 3.64. The third-order valence-corrected chi connectivity index (χ3v) is 6.94. The van der Waals surface area contributed by atoms with Crippen molar-refractivity contribution in [3.05, 3.63) is 47.8 Å². The average molecular weight is 437 g/mol. The number of amides is 1. The van der Waals surface area contributed by atoms with Gasteiger partial charge in [-0.15, -0.1) is 0 Å². The van der Waals surface area contributed by atoms with Crippen LogP contribution in [0.4, 0.5) is 10.1 Å². The maximum Gasteiger partial charge on any atom is 0.258 e. The normalized spacial score (nSPS) is 15.3. The highest BCUT2D eigenvalue weighted by molar-refractivity contribution is 7.89. The van der Waals surface area contributed by atoms with Crippen molar-refractivity contribution in [1.29, 1.82) is 0 Å². The van der Waals surface area contributed by atoms with Crippen LogP contribution in [0.3, 0.4) is 0 Å². The lowest BCUT2D eigenvalue weighted by Gasteiger charge is -2.21. The minimum atomic E-state index is -3.71. The number of sulfonamides is 1. The largest absolute Gasteiger partial charge is 0.497 e. The fraction of sp³-hybridized carbons (Fsp3) is 0.381. The topological polar surface area (TPSA) is 84.9 Å². The lowest BCUT2D eigenvalue weighted by molar-refractivity contribution is 0.102. The van der Waals surface area contributed by atoms with Gasteiger partial charge in [-0.05, 0) is 43.2 Å². The monoisotopic (exact) mass is 436 g/mol. The number of carbonyl (C=O) groups excluding carboxylic acids is 1. The molecule has 162 valence electrons. The molecule has 1 aliphatic rings. The van der Waals surface area contributed by atoms with Crippen molar-refractivity contribution in [3.63, 3.8) is 0 Å². The molecule has 0 unspecified atom stereocenters. The number of hydrogen-bond acceptors (Lipinski definition) is 5. The number of carbonyl (C=O) groups is 1. The van der Waals surface area contributed by atoms with Crippen LogP contribution in [0.1, 0.15) is 36.0 Å². The maximum atomic E-state index is 14.2. The van der Waals surface area contributed by atoms with Crippen molar-refractivity contribution >= 4 is 21.6 Å². The van der Waals surface area contributed by atoms with E-state index in [0.29, 0.717) is 13.1 Å². The van der Waals surface area contributed by atoms with Crippen LogP contribution in [-0.2, 0) is 10.0 Å². The number of nitrogens with one attached hydrogen (secondary N) is 1. The molecule has 7 nitrogen and oxygen atoms in total. The van der Waals surface area contributed by atoms with E-state index in [0.717, 1.165) is 31.7 Å². The summed E-state index contributed by atoms with van der Waals surface area (Å²) in [5.41, 5.74) is -0.0488. The minimum absolute atomic E-state index is 0.0516. The maximum absolute atomic E-state index is 14.2. The smallest absolute Gasteiger partial charge is 0.258 e. The molecule has 1 amide bonds. The van der Waals surface area contributed by atoms with Crippen molar-refractivity contribution in [3.8, 4) is 11.5 Å². The summed E-state index contributed by atoms with van der Waals surface area (Å²) >= 11 is 0. The van der Waals surface area contributed by atoms with Gasteiger partial charge in [0.05, 0.1) is 30.4 Å². The second kappa shape index (κ2) is 9.44. The van der Waals surface area contributed by atoms with E-state index in [1.807, 2.05) is 0 Å². The summed E-state index contributed by atoms with van der Waals surface area (Å²) in [7, 11) is -0.911. The number of hydrogen-bond donors (Lipinski definition) is 1. The zero-order chi connectivity index (χ0) is 21.7. The van der Waals surface area contributed by atoms with Crippen LogP contribution in [0.5, 0.6) is 11.5 Å². The lowest BCUT2D eigenvalue weighted by atomic mass is 10.2. The Hall–Kier alpha value is -2.65. The van der Waals surface area contributed by atoms with Gasteiger partial charge in [0.2, 0.25) is 10.0 Å². The Balaban J connectivity index is 1.90. The molecule has 2 aromatic rings. The standard InChI is InChI=1S/C21H25FN2O5S/c1-28-15-7-9-17(18(22)13-15)21(25)23-19-14-16(8-10-20(19)29-2)30(26,27)24-11-5-3-4-6-12-24/h7-10,13-14H,3-6,11-12H2,1-2H3,(H,23,25). The van der Waals surface area contributed by atoms with Gasteiger partial charge in [0, 0.05) is 19.2 Å². The highest BCUT2D eigenvalue weighted by atomic mass is 32.2. The number of ether oxygens (including phenoxy) is 2. The summed E-state index contributed by atoms with van der Waals surface area (Å²) in [4.78, 5) is 12.7. The van der Waals surface area contributed by atoms with Gasteiger partial charge < -0.3 is 14.8 Å². The molecule has 0 bridgehead atoms. The molecule has 1 saturated heterocycles. The first kappa shape index (κ1) is 22.0. The third-order valence-electron chi connectivity index (χ3n) is 5.04. The van der Waals surface area contributed by atoms with Crippen LogP contribution in [-0.4, -0.2) is 45.9 Å². The SMILES string of the molecule is COc1ccc(C(=O)Nc2cc(S(=O)(=O)N3CCCCCC3)ccc2OC)c(F)c1. The number of halogens is 1. The van der Waals surface area contributed by atoms with Crippen molar-refractivity contribution < 1.29 is 27.1 Å². The van der Waals surface area contributed by atoms with Gasteiger partial charge in [-0.2, -0.15) is 4.31 Å². The molecule has 0 radical (unpaired) electrons. The highest BCUT2D eigenvalue weighted by Crippen LogP contribution is 2.30. The Labute approximate surface area is 175 Å². The van der Waals surface area contributed by atoms with E-state index in [1.54, 1.807) is 0 Å². The van der Waals surface area contributed by atoms with E-state index < -0.39 is 21.7 Å². The van der Waals surface area contributed by atoms with Gasteiger partial charge in [-0.1, -0.05) is 12.8 Å². The molecular weight excluding hydrogens is 411 g/mol. The van der Waals surface area contributed by atoms with Crippen molar-refractivity contribution in [2.75, 3.05) is 32.6 Å². The lowest BCUT2D eigenvalue weighted by Crippen LogP contribution is -2.32. The summed E-state index contributed by atoms with van der Waals surface area (Å²) < 4.78 is 52.0. The Bertz CT molecular complexity index is 1020. The Morgan fingerprint density at radius 1 is 1.00 bits per heavy atom. The van der Waals surface area contributed by atoms with Gasteiger partial charge in [-0.3, -0.25) is 4.79 Å². The summed E-state index contributed by atoms with van der Waals surface area (Å²) in [5.74, 6) is -0.920. The van der Waals surface area contributed by atoms with E-state index in [1.165, 1.54) is 48.9 Å². The number of rotatable bonds is 6. The second-order valence-electron chi connectivity index (χ2n) is 6.98. The van der Waals surface area contributed by atoms with Crippen LogP contribution < -0.4 is 14.8 Å². The zero-order valence-corrected chi connectivity index (χ0v) is 17.8. The van der Waals surface area contributed by atoms with E-state index in [4.69, 9.17) is 9.47 Å². The first-order valence-electron chi connectivity index (χ1n) is 9.70. The predicted octanol–water partition coefficient (Wildman–Crippen LogP) is 3.66. The van der Waals surface area contributed by atoms with E-state index in [-0.39, 0.29) is 27.6 Å². The zero-order valence-electron chi connectivity index (χ0n) is 17.0. The van der Waals surface area contributed by atoms with Gasteiger partial charge in [-0.25, -0.2) is 12.8 Å². The molecule has 0 aliphatic carbocycles. The molecule has 0 atom stereocenters. The molecule has 1 heterocycles. The minimum Gasteiger partial charge on any atom is -0.497 e. The molecule has 2 aromatic carbocycles. The van der Waals surface area contributed by atoms with Gasteiger partial charge >= 0.3 is 0 Å². The van der Waals surface area contributed by atoms with Crippen LogP contribution in [0.25, 0.3) is 0 Å². The number of benzene rings is 2. The molecule has 3 rings (SSSR count). The van der Waals surface area contributed by atoms with Crippen LogP contribution in [0, 0.1) is 5.82 Å². The molecule has 1 fully saturated rings. The average Bonchev–Trinajstić information content (AvgIpc) is 3.03. The van der Waals surface area contributed by atoms with Crippen molar-refractivity contribution in [2.24, 2.45) is 0 Å². The van der Waals surface area contributed by atoms with Crippen LogP contribution >= 0.6 is 0 Å². The molecule has 0 spiro atoms. The molecule has 0 saturated carbocycles. The van der Waals surface area contributed by atoms with Gasteiger partial charge in [0.15, 0.2) is 0 Å². The van der Waals surface area contributed by atoms with Gasteiger partial charge in [0.1, 0.15) is 17.3 Å². The summed E-state index contributed by atoms with van der Waals surface area (Å²) in [5, 5.41) is 2.56. The predicted molar refractivity (Wildman–Crippen MR) is 111 cm³/mol. The number of nitrogens with zero attached hydrogens (tertiary/aromatic N) is 1. The first-order chi connectivity index (χ1) is 14.4. The van der Waals surface area contributed by atoms with Crippen molar-refractivity contribution in [2.45, 2.75) is 30.6 Å². The number of anilines is 1. The molecule has 1 N–H and O–H groups in total. The first-order valence-corrected chi connectivity index (χ1v) is 11.1. The molecular formula is C21H25FN2O5S. The fourth-order valence-corrected chi connectivity index (χ4v) is 4.92. The molecule has 0 aromatic heterocycles. The Morgan fingerprint density at radius 3 is 2.30 bits per heavy atom. The van der Waals surface area contributed by atoms with Crippen molar-refractivity contribution in [1.82, 2.24) is 4.31 Å². The van der Waals surface area contributed by atoms with E-state index in [9.17, 15) is 17.6 Å². The fourth-order valence-electron chi connectivity index (χ4n) is 3.37. The Kier molecular flexibility index (Phi) is 6.94. The van der Waals surface area contributed by atoms with Crippen LogP contribution in [0.15, 0.2) is 41.3 Å². The van der Waals surface area contributed by atoms with Gasteiger partial charge in [0.25, 0.3) is 5.91 Å². The van der Waals surface area contributed by atoms with Crippen LogP contribution in [0.2, 0.25) is 0 Å². The molecule has 30 heavy (non-hydrogen) atoms. The number of methoxy groups -OCH3 is 2. The summed E-state index contributed by atoms with van der Waals surface area (Å²) in [6.45, 7) is 0.931. The highest BCUT2D eigenvalue weighted by Gasteiger charge is 2.26.